The molecule has 0 saturated carbocycles. The molecule has 0 N–H and O–H groups in total. The summed E-state index contributed by atoms with van der Waals surface area (Å²) >= 11 is 3.25. The van der Waals surface area contributed by atoms with Crippen molar-refractivity contribution in [3.63, 3.8) is 0 Å². The van der Waals surface area contributed by atoms with Gasteiger partial charge >= 0.3 is 0 Å². The first-order valence-electron chi connectivity index (χ1n) is 4.88. The van der Waals surface area contributed by atoms with Crippen LogP contribution in [-0.4, -0.2) is 9.78 Å². The van der Waals surface area contributed by atoms with E-state index in [2.05, 4.69) is 21.0 Å². The van der Waals surface area contributed by atoms with E-state index in [1.807, 2.05) is 33.9 Å². The minimum Gasteiger partial charge on any atom is -0.272 e. The monoisotopic (exact) mass is 272 g/mol. The third kappa shape index (κ3) is 2.20. The molecule has 0 atom stereocenters. The average molecular weight is 273 g/mol. The van der Waals surface area contributed by atoms with Crippen molar-refractivity contribution in [2.24, 2.45) is 7.05 Å². The van der Waals surface area contributed by atoms with Crippen LogP contribution in [0.3, 0.4) is 0 Å². The third-order valence-electron chi connectivity index (χ3n) is 2.15. The molecule has 0 aliphatic carbocycles. The highest BCUT2D eigenvalue weighted by Gasteiger charge is 2.09. The van der Waals surface area contributed by atoms with Crippen LogP contribution in [-0.2, 0) is 7.05 Å². The summed E-state index contributed by atoms with van der Waals surface area (Å²) in [5.41, 5.74) is 1.40. The van der Waals surface area contributed by atoms with E-state index in [1.165, 1.54) is 6.07 Å². The van der Waals surface area contributed by atoms with Gasteiger partial charge in [-0.2, -0.15) is 5.10 Å². The number of halogens is 2. The van der Waals surface area contributed by atoms with Crippen molar-refractivity contribution in [1.82, 2.24) is 9.78 Å². The van der Waals surface area contributed by atoms with Gasteiger partial charge in [0.15, 0.2) is 5.82 Å². The van der Waals surface area contributed by atoms with E-state index in [9.17, 15) is 4.39 Å². The molecular weight excluding hydrogens is 259 g/mol. The lowest BCUT2D eigenvalue weighted by atomic mass is 10.2. The molecule has 2 rings (SSSR count). The van der Waals surface area contributed by atoms with Crippen LogP contribution in [0.25, 0.3) is 10.9 Å². The second-order valence-electron chi connectivity index (χ2n) is 2.99. The fourth-order valence-corrected chi connectivity index (χ4v) is 1.77. The minimum absolute atomic E-state index is 0.284. The summed E-state index contributed by atoms with van der Waals surface area (Å²) in [5, 5.41) is 4.93. The van der Waals surface area contributed by atoms with E-state index in [0.29, 0.717) is 5.52 Å². The zero-order valence-corrected chi connectivity index (χ0v) is 10.9. The van der Waals surface area contributed by atoms with Crippen molar-refractivity contribution >= 4 is 26.8 Å². The van der Waals surface area contributed by atoms with Gasteiger partial charge in [-0.1, -0.05) is 29.8 Å². The summed E-state index contributed by atoms with van der Waals surface area (Å²) in [7, 11) is 1.81. The lowest BCUT2D eigenvalue weighted by Gasteiger charge is -1.93. The van der Waals surface area contributed by atoms with Crippen LogP contribution in [0.1, 0.15) is 19.5 Å². The summed E-state index contributed by atoms with van der Waals surface area (Å²) in [6.45, 7) is 5.92. The van der Waals surface area contributed by atoms with Crippen LogP contribution in [0.4, 0.5) is 4.39 Å². The maximum atomic E-state index is 13.3. The van der Waals surface area contributed by atoms with Gasteiger partial charge in [0.05, 0.1) is 0 Å². The quantitative estimate of drug-likeness (QED) is 0.713. The van der Waals surface area contributed by atoms with Crippen molar-refractivity contribution < 1.29 is 4.39 Å². The molecule has 2 nitrogen and oxygen atoms in total. The van der Waals surface area contributed by atoms with Crippen molar-refractivity contribution in [3.05, 3.63) is 28.1 Å². The Balaban J connectivity index is 0.000000531. The highest BCUT2D eigenvalue weighted by molar-refractivity contribution is 9.10. The highest BCUT2D eigenvalue weighted by Crippen LogP contribution is 2.24. The Bertz CT molecular complexity index is 477. The van der Waals surface area contributed by atoms with Gasteiger partial charge in [-0.05, 0) is 19.1 Å². The summed E-state index contributed by atoms with van der Waals surface area (Å²) in [4.78, 5) is 0. The Hall–Kier alpha value is -0.900. The maximum absolute atomic E-state index is 13.3. The van der Waals surface area contributed by atoms with Gasteiger partial charge in [-0.3, -0.25) is 4.68 Å². The summed E-state index contributed by atoms with van der Waals surface area (Å²) in [5.74, 6) is -0.284. The molecule has 0 radical (unpaired) electrons. The first-order valence-corrected chi connectivity index (χ1v) is 5.67. The van der Waals surface area contributed by atoms with E-state index in [1.54, 1.807) is 4.68 Å². The lowest BCUT2D eigenvalue weighted by Crippen LogP contribution is -1.91. The Morgan fingerprint density at radius 1 is 1.33 bits per heavy atom. The van der Waals surface area contributed by atoms with Crippen LogP contribution in [0, 0.1) is 12.7 Å². The molecule has 0 bridgehead atoms. The van der Waals surface area contributed by atoms with Gasteiger partial charge in [-0.25, -0.2) is 4.39 Å². The van der Waals surface area contributed by atoms with Crippen LogP contribution < -0.4 is 0 Å². The Labute approximate surface area is 97.2 Å². The predicted molar refractivity (Wildman–Crippen MR) is 64.5 cm³/mol. The number of hydrogen-bond acceptors (Lipinski definition) is 1. The molecule has 1 aromatic heterocycles. The zero-order valence-electron chi connectivity index (χ0n) is 9.31. The number of aryl methyl sites for hydroxylation is 2. The topological polar surface area (TPSA) is 17.8 Å². The molecule has 0 aliphatic heterocycles. The molecule has 0 unspecified atom stereocenters. The van der Waals surface area contributed by atoms with Gasteiger partial charge in [0.25, 0.3) is 0 Å². The van der Waals surface area contributed by atoms with Crippen molar-refractivity contribution in [1.29, 1.82) is 0 Å². The van der Waals surface area contributed by atoms with Gasteiger partial charge in [0.1, 0.15) is 5.52 Å². The van der Waals surface area contributed by atoms with Crippen molar-refractivity contribution in [2.75, 3.05) is 0 Å². The maximum Gasteiger partial charge on any atom is 0.152 e. The lowest BCUT2D eigenvalue weighted by molar-refractivity contribution is 0.631. The van der Waals surface area contributed by atoms with Gasteiger partial charge in [-0.15, -0.1) is 0 Å². The van der Waals surface area contributed by atoms with E-state index in [-0.39, 0.29) is 5.82 Å². The molecule has 0 amide bonds. The Kier molecular flexibility index (Phi) is 3.85. The second kappa shape index (κ2) is 4.75. The van der Waals surface area contributed by atoms with Crippen molar-refractivity contribution in [2.45, 2.75) is 20.8 Å². The molecule has 2 aromatic rings. The zero-order chi connectivity index (χ0) is 11.6. The Morgan fingerprint density at radius 3 is 2.53 bits per heavy atom. The molecule has 82 valence electrons. The molecule has 0 saturated heterocycles. The molecule has 1 aromatic carbocycles. The van der Waals surface area contributed by atoms with E-state index < -0.39 is 0 Å². The first kappa shape index (κ1) is 12.2. The normalized spacial score (nSPS) is 10.0. The minimum atomic E-state index is -0.284. The number of benzene rings is 1. The molecule has 0 aliphatic rings. The second-order valence-corrected chi connectivity index (χ2v) is 3.91. The van der Waals surface area contributed by atoms with Crippen LogP contribution in [0.2, 0.25) is 0 Å². The molecule has 0 fully saturated rings. The van der Waals surface area contributed by atoms with Crippen LogP contribution in [0.15, 0.2) is 16.6 Å². The van der Waals surface area contributed by atoms with E-state index >= 15 is 0 Å². The average Bonchev–Trinajstić information content (AvgIpc) is 2.49. The molecular formula is C11H14BrFN2. The fourth-order valence-electron chi connectivity index (χ4n) is 1.34. The summed E-state index contributed by atoms with van der Waals surface area (Å²) in [6, 6.07) is 3.30. The number of nitrogens with zero attached hydrogens (tertiary/aromatic N) is 2. The molecule has 15 heavy (non-hydrogen) atoms. The number of rotatable bonds is 0. The van der Waals surface area contributed by atoms with E-state index in [0.717, 1.165) is 15.6 Å². The fraction of sp³-hybridized carbons (Fsp3) is 0.364. The number of fused-ring (bicyclic) bond motifs is 1. The summed E-state index contributed by atoms with van der Waals surface area (Å²) < 4.78 is 15.8. The SMILES string of the molecule is CC.Cc1c2cc(Br)cc(F)c2nn1C. The van der Waals surface area contributed by atoms with Gasteiger partial charge in [0.2, 0.25) is 0 Å². The standard InChI is InChI=1S/C9H8BrFN2.C2H6/c1-5-7-3-6(10)4-8(11)9(7)12-13(5)2;1-2/h3-4H,1-2H3;1-2H3. The van der Waals surface area contributed by atoms with E-state index in [4.69, 9.17) is 0 Å². The number of hydrogen-bond donors (Lipinski definition) is 0. The smallest absolute Gasteiger partial charge is 0.152 e. The first-order chi connectivity index (χ1) is 7.09. The highest BCUT2D eigenvalue weighted by atomic mass is 79.9. The molecule has 1 heterocycles. The largest absolute Gasteiger partial charge is 0.272 e. The van der Waals surface area contributed by atoms with Crippen LogP contribution in [0.5, 0.6) is 0 Å². The van der Waals surface area contributed by atoms with Crippen molar-refractivity contribution in [3.8, 4) is 0 Å². The third-order valence-corrected chi connectivity index (χ3v) is 2.61. The summed E-state index contributed by atoms with van der Waals surface area (Å²) in [6.07, 6.45) is 0. The predicted octanol–water partition coefficient (Wildman–Crippen LogP) is 3.81. The molecule has 0 spiro atoms. The Morgan fingerprint density at radius 2 is 1.93 bits per heavy atom. The van der Waals surface area contributed by atoms with Gasteiger partial charge < -0.3 is 0 Å². The molecule has 4 heteroatoms. The number of aromatic nitrogens is 2. The van der Waals surface area contributed by atoms with Gasteiger partial charge in [0, 0.05) is 22.6 Å². The van der Waals surface area contributed by atoms with Crippen LogP contribution >= 0.6 is 15.9 Å².